The Kier molecular flexibility index (Phi) is 6.23. The number of methoxy groups -OCH3 is 1. The molecule has 0 saturated carbocycles. The molecule has 0 heterocycles. The summed E-state index contributed by atoms with van der Waals surface area (Å²) in [4.78, 5) is 14.1. The first-order valence-electron chi connectivity index (χ1n) is 7.94. The van der Waals surface area contributed by atoms with Crippen LogP contribution in [0, 0.1) is 0 Å². The van der Waals surface area contributed by atoms with Crippen LogP contribution in [0.2, 0.25) is 0 Å². The molecule has 7 nitrogen and oxygen atoms in total. The zero-order valence-electron chi connectivity index (χ0n) is 14.9. The van der Waals surface area contributed by atoms with Crippen molar-refractivity contribution in [1.29, 1.82) is 0 Å². The lowest BCUT2D eigenvalue weighted by atomic mass is 10.1. The lowest BCUT2D eigenvalue weighted by Gasteiger charge is -2.19. The van der Waals surface area contributed by atoms with Gasteiger partial charge in [0.15, 0.2) is 0 Å². The number of nitrogens with two attached hydrogens (primary N) is 1. The van der Waals surface area contributed by atoms with E-state index in [0.29, 0.717) is 13.2 Å². The van der Waals surface area contributed by atoms with Gasteiger partial charge < -0.3 is 14.4 Å². The van der Waals surface area contributed by atoms with Crippen molar-refractivity contribution in [1.82, 2.24) is 4.90 Å². The molecule has 2 aromatic rings. The number of hydrogen-bond donors (Lipinski definition) is 1. The highest BCUT2D eigenvalue weighted by atomic mass is 32.2. The number of carbonyl (C=O) groups is 1. The fourth-order valence-electron chi connectivity index (χ4n) is 2.44. The molecule has 0 spiro atoms. The third kappa shape index (κ3) is 4.74. The summed E-state index contributed by atoms with van der Waals surface area (Å²) in [5, 5.41) is 5.15. The van der Waals surface area contributed by atoms with Crippen LogP contribution in [0.3, 0.4) is 0 Å². The molecule has 0 radical (unpaired) electrons. The van der Waals surface area contributed by atoms with Gasteiger partial charge in [-0.15, -0.1) is 0 Å². The normalized spacial score (nSPS) is 11.1. The maximum absolute atomic E-state index is 12.8. The number of carbonyl (C=O) groups excluding carboxylic acids is 1. The van der Waals surface area contributed by atoms with Gasteiger partial charge in [-0.25, -0.2) is 13.6 Å². The third-order valence-electron chi connectivity index (χ3n) is 3.73. The van der Waals surface area contributed by atoms with E-state index < -0.39 is 10.0 Å². The second-order valence-corrected chi connectivity index (χ2v) is 7.21. The van der Waals surface area contributed by atoms with Crippen LogP contribution in [-0.4, -0.2) is 40.0 Å². The Morgan fingerprint density at radius 3 is 2.35 bits per heavy atom. The highest BCUT2D eigenvalue weighted by Gasteiger charge is 2.20. The number of rotatable bonds is 7. The van der Waals surface area contributed by atoms with Crippen LogP contribution in [0.15, 0.2) is 47.4 Å². The van der Waals surface area contributed by atoms with Crippen molar-refractivity contribution < 1.29 is 22.7 Å². The molecule has 0 aromatic heterocycles. The summed E-state index contributed by atoms with van der Waals surface area (Å²) in [5.41, 5.74) is 1.04. The SMILES string of the molecule is CCOc1ccc(CN(C)C(=O)c2cc(S(N)(=O)=O)ccc2OC)cc1. The van der Waals surface area contributed by atoms with E-state index in [2.05, 4.69) is 0 Å². The van der Waals surface area contributed by atoms with E-state index in [-0.39, 0.29) is 22.1 Å². The lowest BCUT2D eigenvalue weighted by molar-refractivity contribution is 0.0781. The van der Waals surface area contributed by atoms with Gasteiger partial charge in [-0.3, -0.25) is 4.79 Å². The van der Waals surface area contributed by atoms with E-state index in [1.54, 1.807) is 7.05 Å². The Hall–Kier alpha value is -2.58. The molecule has 0 aliphatic carbocycles. The average molecular weight is 378 g/mol. The van der Waals surface area contributed by atoms with Crippen LogP contribution in [0.5, 0.6) is 11.5 Å². The maximum atomic E-state index is 12.8. The second-order valence-electron chi connectivity index (χ2n) is 5.65. The summed E-state index contributed by atoms with van der Waals surface area (Å²) in [6.07, 6.45) is 0. The summed E-state index contributed by atoms with van der Waals surface area (Å²) < 4.78 is 33.7. The molecule has 0 unspecified atom stereocenters. The zero-order valence-corrected chi connectivity index (χ0v) is 15.7. The molecule has 0 atom stereocenters. The van der Waals surface area contributed by atoms with Gasteiger partial charge in [0.2, 0.25) is 10.0 Å². The summed E-state index contributed by atoms with van der Waals surface area (Å²) in [7, 11) is -0.880. The Morgan fingerprint density at radius 1 is 1.15 bits per heavy atom. The fraction of sp³-hybridized carbons (Fsp3) is 0.278. The first-order valence-corrected chi connectivity index (χ1v) is 9.49. The minimum atomic E-state index is -3.92. The van der Waals surface area contributed by atoms with Gasteiger partial charge in [0.25, 0.3) is 5.91 Å². The van der Waals surface area contributed by atoms with Gasteiger partial charge in [0, 0.05) is 13.6 Å². The molecule has 0 fully saturated rings. The van der Waals surface area contributed by atoms with Gasteiger partial charge in [0.05, 0.1) is 24.2 Å². The number of primary sulfonamides is 1. The molecule has 0 bridgehead atoms. The summed E-state index contributed by atoms with van der Waals surface area (Å²) >= 11 is 0. The van der Waals surface area contributed by atoms with Crippen molar-refractivity contribution in [3.05, 3.63) is 53.6 Å². The van der Waals surface area contributed by atoms with Crippen molar-refractivity contribution >= 4 is 15.9 Å². The predicted molar refractivity (Wildman–Crippen MR) is 97.8 cm³/mol. The highest BCUT2D eigenvalue weighted by molar-refractivity contribution is 7.89. The fourth-order valence-corrected chi connectivity index (χ4v) is 2.98. The standard InChI is InChI=1S/C18H22N2O5S/c1-4-25-14-7-5-13(6-8-14)12-20(2)18(21)16-11-15(26(19,22)23)9-10-17(16)24-3/h5-11H,4,12H2,1-3H3,(H2,19,22,23). The van der Waals surface area contributed by atoms with Crippen LogP contribution in [0.25, 0.3) is 0 Å². The Bertz CT molecular complexity index is 879. The molecule has 0 saturated heterocycles. The molecule has 0 aliphatic rings. The monoisotopic (exact) mass is 378 g/mol. The number of amides is 1. The minimum absolute atomic E-state index is 0.132. The molecule has 140 valence electrons. The van der Waals surface area contributed by atoms with Crippen molar-refractivity contribution in [3.8, 4) is 11.5 Å². The van der Waals surface area contributed by atoms with E-state index in [4.69, 9.17) is 14.6 Å². The molecule has 2 N–H and O–H groups in total. The summed E-state index contributed by atoms with van der Waals surface area (Å²) in [6.45, 7) is 2.83. The van der Waals surface area contributed by atoms with Crippen molar-refractivity contribution in [2.24, 2.45) is 5.14 Å². The number of ether oxygens (including phenoxy) is 2. The topological polar surface area (TPSA) is 98.9 Å². The van der Waals surface area contributed by atoms with Gasteiger partial charge in [0.1, 0.15) is 11.5 Å². The van der Waals surface area contributed by atoms with Crippen molar-refractivity contribution in [2.45, 2.75) is 18.4 Å². The largest absolute Gasteiger partial charge is 0.496 e. The van der Waals surface area contributed by atoms with Crippen molar-refractivity contribution in [2.75, 3.05) is 20.8 Å². The molecule has 8 heteroatoms. The Morgan fingerprint density at radius 2 is 1.81 bits per heavy atom. The van der Waals surface area contributed by atoms with Gasteiger partial charge in [-0.2, -0.15) is 0 Å². The number of hydrogen-bond acceptors (Lipinski definition) is 5. The zero-order chi connectivity index (χ0) is 19.3. The third-order valence-corrected chi connectivity index (χ3v) is 4.64. The smallest absolute Gasteiger partial charge is 0.257 e. The van der Waals surface area contributed by atoms with Gasteiger partial charge in [-0.05, 0) is 42.8 Å². The number of nitrogens with zero attached hydrogens (tertiary/aromatic N) is 1. The molecular formula is C18H22N2O5S. The Balaban J connectivity index is 2.24. The first-order chi connectivity index (χ1) is 12.3. The van der Waals surface area contributed by atoms with Crippen LogP contribution in [0.1, 0.15) is 22.8 Å². The van der Waals surface area contributed by atoms with E-state index in [9.17, 15) is 13.2 Å². The Labute approximate surface area is 153 Å². The van der Waals surface area contributed by atoms with E-state index in [0.717, 1.165) is 11.3 Å². The van der Waals surface area contributed by atoms with Crippen LogP contribution in [-0.2, 0) is 16.6 Å². The van der Waals surface area contributed by atoms with E-state index in [1.807, 2.05) is 31.2 Å². The molecule has 2 aromatic carbocycles. The average Bonchev–Trinajstić information content (AvgIpc) is 2.61. The van der Waals surface area contributed by atoms with Crippen LogP contribution in [0.4, 0.5) is 0 Å². The first kappa shape index (κ1) is 19.7. The molecule has 2 rings (SSSR count). The summed E-state index contributed by atoms with van der Waals surface area (Å²) in [5.74, 6) is 0.662. The molecule has 0 aliphatic heterocycles. The summed E-state index contributed by atoms with van der Waals surface area (Å²) in [6, 6.07) is 11.3. The minimum Gasteiger partial charge on any atom is -0.496 e. The predicted octanol–water partition coefficient (Wildman–Crippen LogP) is 2.01. The molecule has 1 amide bonds. The molecular weight excluding hydrogens is 356 g/mol. The van der Waals surface area contributed by atoms with Gasteiger partial charge in [-0.1, -0.05) is 12.1 Å². The van der Waals surface area contributed by atoms with Crippen LogP contribution >= 0.6 is 0 Å². The highest BCUT2D eigenvalue weighted by Crippen LogP contribution is 2.24. The maximum Gasteiger partial charge on any atom is 0.257 e. The number of sulfonamides is 1. The van der Waals surface area contributed by atoms with E-state index >= 15 is 0 Å². The lowest BCUT2D eigenvalue weighted by Crippen LogP contribution is -2.27. The quantitative estimate of drug-likeness (QED) is 0.795. The van der Waals surface area contributed by atoms with Crippen LogP contribution < -0.4 is 14.6 Å². The second kappa shape index (κ2) is 8.20. The molecule has 26 heavy (non-hydrogen) atoms. The van der Waals surface area contributed by atoms with E-state index in [1.165, 1.54) is 30.2 Å². The van der Waals surface area contributed by atoms with Crippen molar-refractivity contribution in [3.63, 3.8) is 0 Å². The van der Waals surface area contributed by atoms with Gasteiger partial charge >= 0.3 is 0 Å². The number of benzene rings is 2.